The zero-order valence-corrected chi connectivity index (χ0v) is 34.9. The molecule has 4 aromatic rings. The van der Waals surface area contributed by atoms with Crippen molar-refractivity contribution in [3.8, 4) is 0 Å². The van der Waals surface area contributed by atoms with E-state index in [-0.39, 0.29) is 38.1 Å². The van der Waals surface area contributed by atoms with Crippen molar-refractivity contribution in [3.05, 3.63) is 113 Å². The maximum atomic E-state index is 14.1. The fraction of sp³-hybridized carbons (Fsp3) is 0.341. The van der Waals surface area contributed by atoms with E-state index in [0.717, 1.165) is 16.5 Å². The third-order valence-corrected chi connectivity index (χ3v) is 9.46. The van der Waals surface area contributed by atoms with Crippen LogP contribution in [0.5, 0.6) is 0 Å². The van der Waals surface area contributed by atoms with Crippen molar-refractivity contribution >= 4 is 70.2 Å². The number of carbonyl (C=O) groups excluding carboxylic acids is 6. The molecule has 0 bridgehead atoms. The number of amides is 6. The number of carboxylic acid groups (broad SMARTS) is 1. The number of primary amides is 1. The lowest BCUT2D eigenvalue weighted by atomic mass is 10.0. The van der Waals surface area contributed by atoms with Gasteiger partial charge in [-0.2, -0.15) is 0 Å². The predicted molar refractivity (Wildman–Crippen MR) is 230 cm³/mol. The van der Waals surface area contributed by atoms with Crippen LogP contribution in [-0.2, 0) is 46.3 Å². The zero-order valence-electron chi connectivity index (χ0n) is 34.2. The molecule has 0 fully saturated rings. The summed E-state index contributed by atoms with van der Waals surface area (Å²) in [6, 6.07) is 17.4. The molecule has 0 spiro atoms. The number of carbonyl (C=O) groups is 7. The summed E-state index contributed by atoms with van der Waals surface area (Å²) in [5, 5.41) is 24.0. The lowest BCUT2D eigenvalue weighted by Gasteiger charge is -2.26. The molecule has 324 valence electrons. The molecule has 16 nitrogen and oxygen atoms in total. The maximum Gasteiger partial charge on any atom is 0.408 e. The van der Waals surface area contributed by atoms with Gasteiger partial charge >= 0.3 is 12.1 Å². The van der Waals surface area contributed by atoms with Crippen LogP contribution in [0, 0.1) is 0 Å². The Hall–Kier alpha value is -6.68. The lowest BCUT2D eigenvalue weighted by molar-refractivity contribution is -0.141. The van der Waals surface area contributed by atoms with E-state index < -0.39 is 71.9 Å². The van der Waals surface area contributed by atoms with Gasteiger partial charge in [0.15, 0.2) is 0 Å². The van der Waals surface area contributed by atoms with Crippen LogP contribution in [0.4, 0.5) is 4.79 Å². The second-order valence-corrected chi connectivity index (χ2v) is 15.7. The first kappa shape index (κ1) is 47.0. The topological polar surface area (TPSA) is 251 Å². The molecule has 0 unspecified atom stereocenters. The summed E-state index contributed by atoms with van der Waals surface area (Å²) in [6.45, 7) is 5.20. The Balaban J connectivity index is 1.53. The second kappa shape index (κ2) is 22.6. The first-order valence-corrected chi connectivity index (χ1v) is 20.1. The van der Waals surface area contributed by atoms with Gasteiger partial charge in [-0.05, 0) is 81.0 Å². The number of hydrogen-bond donors (Lipinski definition) is 8. The van der Waals surface area contributed by atoms with E-state index in [9.17, 15) is 38.7 Å². The van der Waals surface area contributed by atoms with Gasteiger partial charge in [-0.1, -0.05) is 72.3 Å². The molecule has 9 N–H and O–H groups in total. The largest absolute Gasteiger partial charge is 0.481 e. The zero-order chi connectivity index (χ0) is 44.5. The van der Waals surface area contributed by atoms with Gasteiger partial charge in [0.05, 0.1) is 6.42 Å². The summed E-state index contributed by atoms with van der Waals surface area (Å²) in [5.74, 6) is -5.34. The van der Waals surface area contributed by atoms with Crippen molar-refractivity contribution in [2.75, 3.05) is 6.54 Å². The van der Waals surface area contributed by atoms with Crippen LogP contribution in [0.1, 0.15) is 63.1 Å². The number of aromatic amines is 1. The van der Waals surface area contributed by atoms with E-state index >= 15 is 0 Å². The van der Waals surface area contributed by atoms with E-state index in [0.29, 0.717) is 22.6 Å². The molecule has 1 aromatic heterocycles. The number of H-pyrrole nitrogens is 1. The summed E-state index contributed by atoms with van der Waals surface area (Å²) in [6.07, 6.45) is 3.52. The van der Waals surface area contributed by atoms with Crippen molar-refractivity contribution < 1.29 is 43.4 Å². The Morgan fingerprint density at radius 3 is 2.07 bits per heavy atom. The lowest BCUT2D eigenvalue weighted by Crippen LogP contribution is -2.59. The molecule has 0 radical (unpaired) electrons. The molecule has 0 saturated heterocycles. The van der Waals surface area contributed by atoms with Crippen LogP contribution in [-0.4, -0.2) is 88.0 Å². The molecule has 1 heterocycles. The monoisotopic (exact) mass is 857 g/mol. The number of halogens is 1. The van der Waals surface area contributed by atoms with Crippen molar-refractivity contribution in [2.45, 2.75) is 89.1 Å². The molecule has 0 aliphatic heterocycles. The minimum Gasteiger partial charge on any atom is -0.481 e. The number of para-hydroxylation sites is 1. The predicted octanol–water partition coefficient (Wildman–Crippen LogP) is 3.91. The highest BCUT2D eigenvalue weighted by molar-refractivity contribution is 6.30. The van der Waals surface area contributed by atoms with Gasteiger partial charge in [-0.15, -0.1) is 0 Å². The third-order valence-electron chi connectivity index (χ3n) is 9.21. The summed E-state index contributed by atoms with van der Waals surface area (Å²) >= 11 is 5.93. The average molecular weight is 858 g/mol. The number of unbranched alkanes of at least 4 members (excludes halogenated alkanes) is 1. The number of aliphatic carboxylic acids is 1. The van der Waals surface area contributed by atoms with Crippen LogP contribution in [0.15, 0.2) is 91.1 Å². The van der Waals surface area contributed by atoms with Crippen molar-refractivity contribution in [2.24, 2.45) is 5.73 Å². The van der Waals surface area contributed by atoms with Crippen LogP contribution >= 0.6 is 11.6 Å². The number of fused-ring (bicyclic) bond motifs is 1. The number of aromatic nitrogens is 1. The van der Waals surface area contributed by atoms with Gasteiger partial charge in [-0.3, -0.25) is 28.8 Å². The molecular formula is C44H52ClN7O9. The molecule has 61 heavy (non-hydrogen) atoms. The number of nitrogens with one attached hydrogen (secondary N) is 6. The quantitative estimate of drug-likeness (QED) is 0.0446. The molecule has 0 aliphatic carbocycles. The van der Waals surface area contributed by atoms with Crippen molar-refractivity contribution in [3.63, 3.8) is 0 Å². The van der Waals surface area contributed by atoms with E-state index in [2.05, 4.69) is 31.6 Å². The Kier molecular flexibility index (Phi) is 17.4. The number of ether oxygens (including phenoxy) is 1. The van der Waals surface area contributed by atoms with Gasteiger partial charge in [0.1, 0.15) is 29.8 Å². The smallest absolute Gasteiger partial charge is 0.408 e. The second-order valence-electron chi connectivity index (χ2n) is 15.3. The van der Waals surface area contributed by atoms with Crippen molar-refractivity contribution in [1.82, 2.24) is 31.6 Å². The fourth-order valence-corrected chi connectivity index (χ4v) is 6.34. The number of hydrogen-bond acceptors (Lipinski definition) is 8. The number of rotatable bonds is 21. The summed E-state index contributed by atoms with van der Waals surface area (Å²) in [5.41, 5.74) is 7.60. The SMILES string of the molecule is CC(C)(C)OC(=O)N[C@@H](Cc1c[nH]c2ccccc12)C(=O)N[C@@H](CCCCNC(=O)/C=C\c1ccc(Cl)cc1)C(=O)N[C@@H](CC(=O)O)C(=O)N[C@@H](Cc1ccccc1)C(N)=O. The average Bonchev–Trinajstić information content (AvgIpc) is 3.61. The Bertz CT molecular complexity index is 2190. The third kappa shape index (κ3) is 16.1. The van der Waals surface area contributed by atoms with Crippen LogP contribution in [0.25, 0.3) is 17.0 Å². The highest BCUT2D eigenvalue weighted by Gasteiger charge is 2.33. The van der Waals surface area contributed by atoms with E-state index in [1.54, 1.807) is 87.6 Å². The molecule has 4 rings (SSSR count). The van der Waals surface area contributed by atoms with E-state index in [4.69, 9.17) is 22.1 Å². The van der Waals surface area contributed by atoms with Crippen LogP contribution in [0.3, 0.4) is 0 Å². The first-order chi connectivity index (χ1) is 29.0. The van der Waals surface area contributed by atoms with Crippen LogP contribution in [0.2, 0.25) is 5.02 Å². The fourth-order valence-electron chi connectivity index (χ4n) is 6.21. The van der Waals surface area contributed by atoms with Gasteiger partial charge in [0.25, 0.3) is 0 Å². The minimum atomic E-state index is -1.68. The Morgan fingerprint density at radius 2 is 1.39 bits per heavy atom. The normalized spacial score (nSPS) is 13.3. The van der Waals surface area contributed by atoms with E-state index in [1.165, 1.54) is 6.08 Å². The minimum absolute atomic E-state index is 0.00422. The Labute approximate surface area is 358 Å². The standard InChI is InChI=1S/C44H52ClN7O9/c1-44(2,3)61-43(60)52-35(24-29-26-48-32-14-8-7-13-31(29)32)41(58)49-33(15-9-10-22-47-37(53)21-18-27-16-19-30(45)20-17-27)40(57)51-36(25-38(54)55)42(59)50-34(39(46)56)23-28-11-5-4-6-12-28/h4-8,11-14,16-21,26,33-36,48H,9-10,15,22-25H2,1-3H3,(H2,46,56)(H,47,53)(H,49,58)(H,50,59)(H,51,57)(H,52,60)(H,54,55)/b21-18-/t33-,34-,35-,36-/m0/s1. The summed E-state index contributed by atoms with van der Waals surface area (Å²) in [4.78, 5) is 94.6. The van der Waals surface area contributed by atoms with Gasteiger partial charge in [0.2, 0.25) is 29.5 Å². The number of carboxylic acids is 1. The highest BCUT2D eigenvalue weighted by Crippen LogP contribution is 2.20. The molecule has 0 aliphatic rings. The van der Waals surface area contributed by atoms with Gasteiger partial charge < -0.3 is 47.1 Å². The van der Waals surface area contributed by atoms with E-state index in [1.807, 2.05) is 24.3 Å². The van der Waals surface area contributed by atoms with Crippen molar-refractivity contribution in [1.29, 1.82) is 0 Å². The molecule has 4 atom stereocenters. The number of nitrogens with two attached hydrogens (primary N) is 1. The maximum absolute atomic E-state index is 14.1. The number of alkyl carbamates (subject to hydrolysis) is 1. The Morgan fingerprint density at radius 1 is 0.770 bits per heavy atom. The van der Waals surface area contributed by atoms with Gasteiger partial charge in [-0.25, -0.2) is 4.79 Å². The molecule has 6 amide bonds. The molecule has 17 heteroatoms. The molecule has 0 saturated carbocycles. The summed E-state index contributed by atoms with van der Waals surface area (Å²) < 4.78 is 5.44. The molecule has 3 aromatic carbocycles. The summed E-state index contributed by atoms with van der Waals surface area (Å²) in [7, 11) is 0. The first-order valence-electron chi connectivity index (χ1n) is 19.7. The van der Waals surface area contributed by atoms with Crippen LogP contribution < -0.4 is 32.3 Å². The van der Waals surface area contributed by atoms with Gasteiger partial charge in [0, 0.05) is 47.6 Å². The molecular weight excluding hydrogens is 806 g/mol. The highest BCUT2D eigenvalue weighted by atomic mass is 35.5. The number of benzene rings is 3.